The van der Waals surface area contributed by atoms with Crippen molar-refractivity contribution in [2.45, 2.75) is 38.6 Å². The number of nitrogens with one attached hydrogen (secondary N) is 1. The van der Waals surface area contributed by atoms with E-state index in [-0.39, 0.29) is 11.8 Å². The van der Waals surface area contributed by atoms with Gasteiger partial charge in [-0.2, -0.15) is 0 Å². The summed E-state index contributed by atoms with van der Waals surface area (Å²) in [6, 6.07) is 10.4. The number of likely N-dealkylation sites (N-methyl/N-ethyl adjacent to an activating group) is 1. The Labute approximate surface area is 116 Å². The summed E-state index contributed by atoms with van der Waals surface area (Å²) < 4.78 is 0. The van der Waals surface area contributed by atoms with Crippen LogP contribution in [0.5, 0.6) is 0 Å². The van der Waals surface area contributed by atoms with E-state index in [9.17, 15) is 4.79 Å². The first-order valence-electron chi connectivity index (χ1n) is 7.30. The van der Waals surface area contributed by atoms with Gasteiger partial charge in [-0.05, 0) is 38.8 Å². The zero-order valence-corrected chi connectivity index (χ0v) is 11.9. The highest BCUT2D eigenvalue weighted by Gasteiger charge is 2.27. The monoisotopic (exact) mass is 260 g/mol. The minimum atomic E-state index is -0.0527. The molecular formula is C16H24N2O. The van der Waals surface area contributed by atoms with Crippen LogP contribution in [0.3, 0.4) is 0 Å². The van der Waals surface area contributed by atoms with Crippen LogP contribution in [0.15, 0.2) is 30.3 Å². The van der Waals surface area contributed by atoms with Crippen molar-refractivity contribution < 1.29 is 4.79 Å². The molecule has 1 aliphatic rings. The van der Waals surface area contributed by atoms with E-state index in [2.05, 4.69) is 12.2 Å². The molecule has 1 aliphatic heterocycles. The lowest BCUT2D eigenvalue weighted by molar-refractivity contribution is -0.134. The van der Waals surface area contributed by atoms with E-state index in [1.54, 1.807) is 0 Å². The lowest BCUT2D eigenvalue weighted by Crippen LogP contribution is -2.49. The highest BCUT2D eigenvalue weighted by molar-refractivity contribution is 5.83. The first-order valence-corrected chi connectivity index (χ1v) is 7.30. The molecule has 1 N–H and O–H groups in total. The predicted molar refractivity (Wildman–Crippen MR) is 78.1 cm³/mol. The van der Waals surface area contributed by atoms with Crippen molar-refractivity contribution in [3.8, 4) is 0 Å². The molecule has 1 amide bonds. The summed E-state index contributed by atoms with van der Waals surface area (Å²) >= 11 is 0. The van der Waals surface area contributed by atoms with Crippen LogP contribution < -0.4 is 5.32 Å². The van der Waals surface area contributed by atoms with Gasteiger partial charge in [-0.15, -0.1) is 0 Å². The third-order valence-corrected chi connectivity index (χ3v) is 4.01. The van der Waals surface area contributed by atoms with Gasteiger partial charge in [0.25, 0.3) is 0 Å². The molecule has 0 aliphatic carbocycles. The third kappa shape index (κ3) is 3.35. The molecule has 0 bridgehead atoms. The molecule has 0 radical (unpaired) electrons. The summed E-state index contributed by atoms with van der Waals surface area (Å²) in [7, 11) is 0. The second-order valence-electron chi connectivity index (χ2n) is 5.26. The van der Waals surface area contributed by atoms with E-state index >= 15 is 0 Å². The highest BCUT2D eigenvalue weighted by atomic mass is 16.2. The molecule has 2 unspecified atom stereocenters. The zero-order chi connectivity index (χ0) is 13.7. The zero-order valence-electron chi connectivity index (χ0n) is 11.9. The van der Waals surface area contributed by atoms with Crippen molar-refractivity contribution in [2.75, 3.05) is 19.6 Å². The fraction of sp³-hybridized carbons (Fsp3) is 0.562. The first-order chi connectivity index (χ1) is 9.24. The van der Waals surface area contributed by atoms with Crippen LogP contribution in [0, 0.1) is 0 Å². The Morgan fingerprint density at radius 2 is 2.16 bits per heavy atom. The maximum absolute atomic E-state index is 12.7. The van der Waals surface area contributed by atoms with Gasteiger partial charge in [0.15, 0.2) is 0 Å². The van der Waals surface area contributed by atoms with Gasteiger partial charge in [0, 0.05) is 19.1 Å². The fourth-order valence-electron chi connectivity index (χ4n) is 2.83. The van der Waals surface area contributed by atoms with Crippen molar-refractivity contribution in [3.63, 3.8) is 0 Å². The molecular weight excluding hydrogens is 236 g/mol. The molecule has 1 saturated heterocycles. The Morgan fingerprint density at radius 1 is 1.42 bits per heavy atom. The van der Waals surface area contributed by atoms with Crippen molar-refractivity contribution in [2.24, 2.45) is 0 Å². The minimum absolute atomic E-state index is 0.0527. The number of benzene rings is 1. The van der Waals surface area contributed by atoms with Gasteiger partial charge in [0.2, 0.25) is 5.91 Å². The molecule has 3 nitrogen and oxygen atoms in total. The number of rotatable bonds is 4. The van der Waals surface area contributed by atoms with E-state index < -0.39 is 0 Å². The Bertz CT molecular complexity index is 398. The lowest BCUT2D eigenvalue weighted by Gasteiger charge is -2.35. The van der Waals surface area contributed by atoms with Gasteiger partial charge in [-0.25, -0.2) is 0 Å². The number of hydrogen-bond donors (Lipinski definition) is 1. The normalized spacial score (nSPS) is 20.8. The van der Waals surface area contributed by atoms with E-state index in [1.165, 1.54) is 0 Å². The quantitative estimate of drug-likeness (QED) is 0.901. The summed E-state index contributed by atoms with van der Waals surface area (Å²) in [6.07, 6.45) is 2.28. The van der Waals surface area contributed by atoms with E-state index in [0.29, 0.717) is 6.04 Å². The molecule has 2 atom stereocenters. The molecule has 2 rings (SSSR count). The SMILES string of the molecule is CCN(C(=O)C(C)c1ccccc1)C1CCCNC1. The number of nitrogens with zero attached hydrogens (tertiary/aromatic N) is 1. The van der Waals surface area contributed by atoms with Crippen LogP contribution in [0.1, 0.15) is 38.2 Å². The topological polar surface area (TPSA) is 32.3 Å². The van der Waals surface area contributed by atoms with Gasteiger partial charge in [-0.1, -0.05) is 30.3 Å². The molecule has 1 heterocycles. The second kappa shape index (κ2) is 6.71. The molecule has 1 fully saturated rings. The maximum Gasteiger partial charge on any atom is 0.230 e. The van der Waals surface area contributed by atoms with Gasteiger partial charge in [0.05, 0.1) is 5.92 Å². The number of piperidine rings is 1. The largest absolute Gasteiger partial charge is 0.338 e. The van der Waals surface area contributed by atoms with Crippen LogP contribution >= 0.6 is 0 Å². The van der Waals surface area contributed by atoms with Crippen molar-refractivity contribution in [1.29, 1.82) is 0 Å². The molecule has 1 aromatic rings. The lowest BCUT2D eigenvalue weighted by atomic mass is 9.97. The van der Waals surface area contributed by atoms with Gasteiger partial charge in [0.1, 0.15) is 0 Å². The average Bonchev–Trinajstić information content (AvgIpc) is 2.49. The molecule has 0 aromatic heterocycles. The molecule has 3 heteroatoms. The molecule has 0 spiro atoms. The number of carbonyl (C=O) groups is 1. The van der Waals surface area contributed by atoms with Crippen LogP contribution in [0.25, 0.3) is 0 Å². The third-order valence-electron chi connectivity index (χ3n) is 4.01. The average molecular weight is 260 g/mol. The summed E-state index contributed by atoms with van der Waals surface area (Å²) in [5, 5.41) is 3.39. The fourth-order valence-corrected chi connectivity index (χ4v) is 2.83. The van der Waals surface area contributed by atoms with Gasteiger partial charge >= 0.3 is 0 Å². The predicted octanol–water partition coefficient (Wildman–Crippen LogP) is 2.39. The van der Waals surface area contributed by atoms with Crippen molar-refractivity contribution >= 4 is 5.91 Å². The second-order valence-corrected chi connectivity index (χ2v) is 5.26. The maximum atomic E-state index is 12.7. The van der Waals surface area contributed by atoms with E-state index in [4.69, 9.17) is 0 Å². The smallest absolute Gasteiger partial charge is 0.230 e. The van der Waals surface area contributed by atoms with Crippen LogP contribution in [0.4, 0.5) is 0 Å². The standard InChI is InChI=1S/C16H24N2O/c1-3-18(15-10-7-11-17-12-15)16(19)13(2)14-8-5-4-6-9-14/h4-6,8-9,13,15,17H,3,7,10-12H2,1-2H3. The summed E-state index contributed by atoms with van der Waals surface area (Å²) in [5.41, 5.74) is 1.11. The highest BCUT2D eigenvalue weighted by Crippen LogP contribution is 2.20. The molecule has 104 valence electrons. The van der Waals surface area contributed by atoms with Crippen LogP contribution in [0.2, 0.25) is 0 Å². The molecule has 0 saturated carbocycles. The molecule has 1 aromatic carbocycles. The Kier molecular flexibility index (Phi) is 4.97. The van der Waals surface area contributed by atoms with Gasteiger partial charge in [-0.3, -0.25) is 4.79 Å². The van der Waals surface area contributed by atoms with Crippen LogP contribution in [-0.2, 0) is 4.79 Å². The number of hydrogen-bond acceptors (Lipinski definition) is 2. The van der Waals surface area contributed by atoms with Crippen LogP contribution in [-0.4, -0.2) is 36.5 Å². The summed E-state index contributed by atoms with van der Waals surface area (Å²) in [6.45, 7) is 6.89. The Balaban J connectivity index is 2.07. The number of amides is 1. The van der Waals surface area contributed by atoms with E-state index in [0.717, 1.165) is 38.0 Å². The minimum Gasteiger partial charge on any atom is -0.338 e. The first kappa shape index (κ1) is 14.1. The van der Waals surface area contributed by atoms with Crippen molar-refractivity contribution in [1.82, 2.24) is 10.2 Å². The van der Waals surface area contributed by atoms with Gasteiger partial charge < -0.3 is 10.2 Å². The Hall–Kier alpha value is -1.35. The van der Waals surface area contributed by atoms with E-state index in [1.807, 2.05) is 42.2 Å². The van der Waals surface area contributed by atoms with Crippen molar-refractivity contribution in [3.05, 3.63) is 35.9 Å². The Morgan fingerprint density at radius 3 is 2.74 bits per heavy atom. The molecule has 19 heavy (non-hydrogen) atoms. The summed E-state index contributed by atoms with van der Waals surface area (Å²) in [5.74, 6) is 0.200. The summed E-state index contributed by atoms with van der Waals surface area (Å²) in [4.78, 5) is 14.7. The number of carbonyl (C=O) groups excluding carboxylic acids is 1.